The van der Waals surface area contributed by atoms with Gasteiger partial charge < -0.3 is 5.32 Å². The van der Waals surface area contributed by atoms with E-state index in [9.17, 15) is 18.0 Å². The van der Waals surface area contributed by atoms with Crippen LogP contribution in [-0.4, -0.2) is 26.1 Å². The Morgan fingerprint density at radius 1 is 1.12 bits per heavy atom. The Hall–Kier alpha value is -3.23. The molecule has 0 spiro atoms. The average molecular weight is 347 g/mol. The molecule has 0 aliphatic heterocycles. The minimum atomic E-state index is -4.38. The maximum Gasteiger partial charge on any atom is 0.416 e. The number of hydrogen-bond acceptors (Lipinski definition) is 4. The molecule has 6 nitrogen and oxygen atoms in total. The van der Waals surface area contributed by atoms with E-state index in [0.717, 1.165) is 12.1 Å². The number of carbonyl (C=O) groups excluding carboxylic acids is 1. The molecule has 9 heteroatoms. The first kappa shape index (κ1) is 16.6. The number of halogens is 3. The molecule has 0 radical (unpaired) electrons. The second-order valence-corrected chi connectivity index (χ2v) is 5.18. The number of rotatable bonds is 4. The molecule has 0 aliphatic carbocycles. The molecule has 3 aromatic rings. The normalized spacial score (nSPS) is 11.3. The van der Waals surface area contributed by atoms with E-state index in [1.807, 2.05) is 0 Å². The number of benzene rings is 2. The molecule has 1 aromatic heterocycles. The summed E-state index contributed by atoms with van der Waals surface area (Å²) < 4.78 is 39.0. The highest BCUT2D eigenvalue weighted by Crippen LogP contribution is 2.29. The minimum absolute atomic E-state index is 0.117. The van der Waals surface area contributed by atoms with Gasteiger partial charge in [-0.15, -0.1) is 5.10 Å². The summed E-state index contributed by atoms with van der Waals surface area (Å²) >= 11 is 0. The molecule has 1 N–H and O–H groups in total. The van der Waals surface area contributed by atoms with Gasteiger partial charge in [-0.3, -0.25) is 4.79 Å². The molecule has 0 unspecified atom stereocenters. The molecule has 2 aromatic carbocycles. The largest absolute Gasteiger partial charge is 0.416 e. The summed E-state index contributed by atoms with van der Waals surface area (Å²) in [4.78, 5) is 12.2. The van der Waals surface area contributed by atoms with E-state index in [1.54, 1.807) is 24.3 Å². The molecule has 0 saturated carbocycles. The van der Waals surface area contributed by atoms with Crippen LogP contribution in [0.25, 0.3) is 5.69 Å². The summed E-state index contributed by atoms with van der Waals surface area (Å²) in [6, 6.07) is 11.3. The fraction of sp³-hybridized carbons (Fsp3) is 0.125. The van der Waals surface area contributed by atoms with Crippen molar-refractivity contribution < 1.29 is 18.0 Å². The summed E-state index contributed by atoms with van der Waals surface area (Å²) in [5.74, 6) is -0.352. The fourth-order valence-corrected chi connectivity index (χ4v) is 2.17. The lowest BCUT2D eigenvalue weighted by Crippen LogP contribution is -2.23. The van der Waals surface area contributed by atoms with Crippen LogP contribution in [0.3, 0.4) is 0 Å². The van der Waals surface area contributed by atoms with Gasteiger partial charge in [-0.25, -0.2) is 4.68 Å². The van der Waals surface area contributed by atoms with Crippen LogP contribution in [0.2, 0.25) is 0 Å². The lowest BCUT2D eigenvalue weighted by Gasteiger charge is -2.09. The number of tetrazole rings is 1. The van der Waals surface area contributed by atoms with Gasteiger partial charge in [-0.1, -0.05) is 18.2 Å². The van der Waals surface area contributed by atoms with E-state index in [4.69, 9.17) is 0 Å². The Morgan fingerprint density at radius 3 is 2.52 bits per heavy atom. The van der Waals surface area contributed by atoms with E-state index in [-0.39, 0.29) is 12.5 Å². The van der Waals surface area contributed by atoms with Crippen molar-refractivity contribution in [2.75, 3.05) is 0 Å². The van der Waals surface area contributed by atoms with Crippen LogP contribution < -0.4 is 5.32 Å². The van der Waals surface area contributed by atoms with Crippen molar-refractivity contribution in [1.29, 1.82) is 0 Å². The zero-order valence-corrected chi connectivity index (χ0v) is 12.7. The fourth-order valence-electron chi connectivity index (χ4n) is 2.17. The van der Waals surface area contributed by atoms with Gasteiger partial charge in [-0.2, -0.15) is 13.2 Å². The van der Waals surface area contributed by atoms with Crippen molar-refractivity contribution in [2.24, 2.45) is 0 Å². The highest BCUT2D eigenvalue weighted by Gasteiger charge is 2.29. The number of amides is 1. The van der Waals surface area contributed by atoms with Crippen molar-refractivity contribution in [3.05, 3.63) is 71.5 Å². The molecule has 0 saturated heterocycles. The molecule has 0 atom stereocenters. The molecule has 3 rings (SSSR count). The van der Waals surface area contributed by atoms with Gasteiger partial charge in [-0.05, 0) is 46.3 Å². The molecule has 128 valence electrons. The quantitative estimate of drug-likeness (QED) is 0.787. The summed E-state index contributed by atoms with van der Waals surface area (Å²) in [6.45, 7) is 0.117. The average Bonchev–Trinajstić information content (AvgIpc) is 3.14. The molecular formula is C16H12F3N5O. The second kappa shape index (κ2) is 6.71. The molecule has 0 fully saturated rings. The van der Waals surface area contributed by atoms with Gasteiger partial charge >= 0.3 is 6.18 Å². The lowest BCUT2D eigenvalue weighted by molar-refractivity contribution is -0.137. The Labute approximate surface area is 140 Å². The molecule has 0 bridgehead atoms. The summed E-state index contributed by atoms with van der Waals surface area (Å²) in [5.41, 5.74) is 0.849. The third-order valence-corrected chi connectivity index (χ3v) is 3.46. The third kappa shape index (κ3) is 4.00. The molecule has 25 heavy (non-hydrogen) atoms. The molecule has 1 amide bonds. The first-order valence-electron chi connectivity index (χ1n) is 7.21. The minimum Gasteiger partial charge on any atom is -0.348 e. The second-order valence-electron chi connectivity index (χ2n) is 5.18. The van der Waals surface area contributed by atoms with Crippen molar-refractivity contribution >= 4 is 5.91 Å². The number of nitrogens with one attached hydrogen (secondary N) is 1. The zero-order chi connectivity index (χ0) is 17.9. The van der Waals surface area contributed by atoms with Crippen molar-refractivity contribution in [1.82, 2.24) is 25.5 Å². The van der Waals surface area contributed by atoms with Crippen LogP contribution >= 0.6 is 0 Å². The van der Waals surface area contributed by atoms with Crippen LogP contribution in [0.15, 0.2) is 54.9 Å². The summed E-state index contributed by atoms with van der Waals surface area (Å²) in [5, 5.41) is 13.5. The molecule has 1 heterocycles. The van der Waals surface area contributed by atoms with Crippen molar-refractivity contribution in [3.63, 3.8) is 0 Å². The Kier molecular flexibility index (Phi) is 4.46. The number of carbonyl (C=O) groups is 1. The van der Waals surface area contributed by atoms with Crippen LogP contribution in [0.4, 0.5) is 13.2 Å². The predicted molar refractivity (Wildman–Crippen MR) is 81.8 cm³/mol. The van der Waals surface area contributed by atoms with Crippen LogP contribution in [0.5, 0.6) is 0 Å². The van der Waals surface area contributed by atoms with Gasteiger partial charge in [0, 0.05) is 12.1 Å². The Bertz CT molecular complexity index is 860. The first-order chi connectivity index (χ1) is 11.9. The van der Waals surface area contributed by atoms with Crippen LogP contribution in [-0.2, 0) is 12.7 Å². The van der Waals surface area contributed by atoms with Gasteiger partial charge in [0.2, 0.25) is 0 Å². The SMILES string of the molecule is O=C(NCc1ccc(C(F)(F)F)cc1)c1cccc(-n2cnnn2)c1. The maximum absolute atomic E-state index is 12.5. The van der Waals surface area contributed by atoms with E-state index < -0.39 is 11.7 Å². The highest BCUT2D eigenvalue weighted by atomic mass is 19.4. The first-order valence-corrected chi connectivity index (χ1v) is 7.21. The van der Waals surface area contributed by atoms with Gasteiger partial charge in [0.1, 0.15) is 6.33 Å². The van der Waals surface area contributed by atoms with Crippen LogP contribution in [0, 0.1) is 0 Å². The number of alkyl halides is 3. The maximum atomic E-state index is 12.5. The van der Waals surface area contributed by atoms with E-state index in [2.05, 4.69) is 20.8 Å². The van der Waals surface area contributed by atoms with Gasteiger partial charge in [0.05, 0.1) is 11.3 Å². The smallest absolute Gasteiger partial charge is 0.348 e. The monoisotopic (exact) mass is 347 g/mol. The van der Waals surface area contributed by atoms with E-state index >= 15 is 0 Å². The predicted octanol–water partition coefficient (Wildman–Crippen LogP) is 2.61. The number of aromatic nitrogens is 4. The van der Waals surface area contributed by atoms with Gasteiger partial charge in [0.15, 0.2) is 0 Å². The molecule has 0 aliphatic rings. The zero-order valence-electron chi connectivity index (χ0n) is 12.7. The van der Waals surface area contributed by atoms with E-state index in [1.165, 1.54) is 23.1 Å². The summed E-state index contributed by atoms with van der Waals surface area (Å²) in [6.07, 6.45) is -2.97. The Morgan fingerprint density at radius 2 is 1.88 bits per heavy atom. The number of hydrogen-bond donors (Lipinski definition) is 1. The van der Waals surface area contributed by atoms with Crippen LogP contribution in [0.1, 0.15) is 21.5 Å². The standard InChI is InChI=1S/C16H12F3N5O/c17-16(18,19)13-6-4-11(5-7-13)9-20-15(25)12-2-1-3-14(8-12)24-10-21-22-23-24/h1-8,10H,9H2,(H,20,25). The third-order valence-electron chi connectivity index (χ3n) is 3.46. The highest BCUT2D eigenvalue weighted by molar-refractivity contribution is 5.94. The van der Waals surface area contributed by atoms with Crippen molar-refractivity contribution in [3.8, 4) is 5.69 Å². The Balaban J connectivity index is 1.66. The van der Waals surface area contributed by atoms with Crippen molar-refractivity contribution in [2.45, 2.75) is 12.7 Å². The summed E-state index contributed by atoms with van der Waals surface area (Å²) in [7, 11) is 0. The lowest BCUT2D eigenvalue weighted by atomic mass is 10.1. The number of nitrogens with zero attached hydrogens (tertiary/aromatic N) is 4. The topological polar surface area (TPSA) is 72.7 Å². The molecular weight excluding hydrogens is 335 g/mol. The van der Waals surface area contributed by atoms with E-state index in [0.29, 0.717) is 16.8 Å². The van der Waals surface area contributed by atoms with Gasteiger partial charge in [0.25, 0.3) is 5.91 Å².